The number of benzene rings is 2. The molecule has 1 aliphatic rings. The van der Waals surface area contributed by atoms with Crippen molar-refractivity contribution < 1.29 is 19.4 Å². The Balaban J connectivity index is 1.31. The van der Waals surface area contributed by atoms with Gasteiger partial charge in [-0.3, -0.25) is 9.69 Å². The summed E-state index contributed by atoms with van der Waals surface area (Å²) in [7, 11) is 0. The van der Waals surface area contributed by atoms with E-state index < -0.39 is 5.97 Å². The van der Waals surface area contributed by atoms with Crippen LogP contribution in [-0.2, 0) is 22.6 Å². The number of aromatic nitrogens is 3. The third-order valence-corrected chi connectivity index (χ3v) is 5.93. The Morgan fingerprint density at radius 3 is 2.81 bits per heavy atom. The van der Waals surface area contributed by atoms with E-state index in [2.05, 4.69) is 20.5 Å². The highest BCUT2D eigenvalue weighted by Gasteiger charge is 2.21. The van der Waals surface area contributed by atoms with E-state index in [-0.39, 0.29) is 24.1 Å². The second kappa shape index (κ2) is 9.83. The molecule has 0 bridgehead atoms. The zero-order valence-corrected chi connectivity index (χ0v) is 18.5. The van der Waals surface area contributed by atoms with Gasteiger partial charge in [0.15, 0.2) is 0 Å². The molecule has 0 aliphatic carbocycles. The average Bonchev–Trinajstić information content (AvgIpc) is 3.17. The van der Waals surface area contributed by atoms with E-state index in [1.807, 2.05) is 12.1 Å². The Morgan fingerprint density at radius 2 is 2.03 bits per heavy atom. The highest BCUT2D eigenvalue weighted by atomic mass is 35.5. The number of fused-ring (bicyclic) bond motifs is 1. The minimum Gasteiger partial charge on any atom is -0.478 e. The van der Waals surface area contributed by atoms with E-state index in [4.69, 9.17) is 33.0 Å². The lowest BCUT2D eigenvalue weighted by atomic mass is 10.2. The van der Waals surface area contributed by atoms with Crippen LogP contribution in [0.15, 0.2) is 36.4 Å². The summed E-state index contributed by atoms with van der Waals surface area (Å²) in [6, 6.07) is 10.1. The van der Waals surface area contributed by atoms with Crippen LogP contribution in [0.25, 0.3) is 11.0 Å². The first kappa shape index (κ1) is 22.5. The van der Waals surface area contributed by atoms with Gasteiger partial charge in [0.05, 0.1) is 33.8 Å². The predicted molar refractivity (Wildman–Crippen MR) is 119 cm³/mol. The van der Waals surface area contributed by atoms with Gasteiger partial charge in [0.1, 0.15) is 12.1 Å². The number of hydrogen-bond donors (Lipinski definition) is 2. The number of morpholine rings is 1. The summed E-state index contributed by atoms with van der Waals surface area (Å²) < 4.78 is 7.17. The molecule has 0 spiro atoms. The number of ether oxygens (including phenoxy) is 1. The Kier molecular flexibility index (Phi) is 6.90. The van der Waals surface area contributed by atoms with Gasteiger partial charge in [-0.1, -0.05) is 34.5 Å². The van der Waals surface area contributed by atoms with Crippen molar-refractivity contribution >= 4 is 46.1 Å². The van der Waals surface area contributed by atoms with Gasteiger partial charge in [-0.05, 0) is 35.9 Å². The number of amides is 1. The molecular weight excluding hydrogens is 457 g/mol. The van der Waals surface area contributed by atoms with Gasteiger partial charge in [-0.2, -0.15) is 0 Å². The van der Waals surface area contributed by atoms with Gasteiger partial charge in [0, 0.05) is 26.2 Å². The first-order valence-electron chi connectivity index (χ1n) is 10.00. The molecule has 4 rings (SSSR count). The van der Waals surface area contributed by atoms with E-state index in [9.17, 15) is 9.59 Å². The third-order valence-electron chi connectivity index (χ3n) is 5.19. The van der Waals surface area contributed by atoms with Crippen molar-refractivity contribution in [3.8, 4) is 0 Å². The quantitative estimate of drug-likeness (QED) is 0.537. The first-order valence-corrected chi connectivity index (χ1v) is 10.8. The van der Waals surface area contributed by atoms with Crippen LogP contribution in [0.1, 0.15) is 15.9 Å². The molecule has 1 saturated heterocycles. The summed E-state index contributed by atoms with van der Waals surface area (Å²) in [5.41, 5.74) is 2.18. The maximum Gasteiger partial charge on any atom is 0.335 e. The summed E-state index contributed by atoms with van der Waals surface area (Å²) in [6.07, 6.45) is -0.151. The molecule has 1 aromatic heterocycles. The lowest BCUT2D eigenvalue weighted by Gasteiger charge is -2.33. The molecule has 1 unspecified atom stereocenters. The van der Waals surface area contributed by atoms with Gasteiger partial charge in [-0.15, -0.1) is 5.10 Å². The van der Waals surface area contributed by atoms with Crippen LogP contribution in [0.5, 0.6) is 0 Å². The zero-order chi connectivity index (χ0) is 22.7. The van der Waals surface area contributed by atoms with E-state index in [0.29, 0.717) is 47.3 Å². The molecule has 32 heavy (non-hydrogen) atoms. The average molecular weight is 478 g/mol. The molecule has 168 valence electrons. The summed E-state index contributed by atoms with van der Waals surface area (Å²) in [4.78, 5) is 25.9. The number of carboxylic acids is 1. The number of carboxylic acid groups (broad SMARTS) is 1. The summed E-state index contributed by atoms with van der Waals surface area (Å²) >= 11 is 12.1. The fraction of sp³-hybridized carbons (Fsp3) is 0.333. The predicted octanol–water partition coefficient (Wildman–Crippen LogP) is 2.45. The largest absolute Gasteiger partial charge is 0.478 e. The van der Waals surface area contributed by atoms with E-state index >= 15 is 0 Å². The Morgan fingerprint density at radius 1 is 1.19 bits per heavy atom. The normalized spacial score (nSPS) is 16.9. The Bertz CT molecular complexity index is 1150. The molecule has 1 fully saturated rings. The molecule has 0 radical (unpaired) electrons. The molecule has 9 nitrogen and oxygen atoms in total. The molecule has 1 amide bonds. The van der Waals surface area contributed by atoms with Crippen LogP contribution in [0.3, 0.4) is 0 Å². The van der Waals surface area contributed by atoms with Gasteiger partial charge in [0.2, 0.25) is 5.91 Å². The van der Waals surface area contributed by atoms with Crippen LogP contribution in [0.2, 0.25) is 10.0 Å². The van der Waals surface area contributed by atoms with E-state index in [1.165, 1.54) is 16.8 Å². The van der Waals surface area contributed by atoms with Gasteiger partial charge in [0.25, 0.3) is 0 Å². The number of nitrogens with zero attached hydrogens (tertiary/aromatic N) is 4. The number of carbonyl (C=O) groups is 2. The van der Waals surface area contributed by atoms with Crippen LogP contribution < -0.4 is 5.32 Å². The Hall–Kier alpha value is -2.72. The highest BCUT2D eigenvalue weighted by Crippen LogP contribution is 2.23. The fourth-order valence-electron chi connectivity index (χ4n) is 3.58. The molecule has 0 saturated carbocycles. The first-order chi connectivity index (χ1) is 15.4. The molecule has 2 heterocycles. The van der Waals surface area contributed by atoms with Crippen molar-refractivity contribution in [3.05, 3.63) is 57.6 Å². The third kappa shape index (κ3) is 5.36. The van der Waals surface area contributed by atoms with Crippen LogP contribution in [-0.4, -0.2) is 69.2 Å². The summed E-state index contributed by atoms with van der Waals surface area (Å²) in [5, 5.41) is 21.0. The zero-order valence-electron chi connectivity index (χ0n) is 17.0. The minimum atomic E-state index is -1.05. The SMILES string of the molecule is O=C(Cn1nnc2ccc(C(=O)O)cc21)NCC1CN(Cc2ccc(Cl)c(Cl)c2)CCO1. The highest BCUT2D eigenvalue weighted by molar-refractivity contribution is 6.42. The summed E-state index contributed by atoms with van der Waals surface area (Å²) in [5.74, 6) is -1.31. The number of aromatic carboxylic acids is 1. The molecule has 11 heteroatoms. The number of hydrogen-bond acceptors (Lipinski definition) is 6. The lowest BCUT2D eigenvalue weighted by molar-refractivity contribution is -0.123. The van der Waals surface area contributed by atoms with Crippen molar-refractivity contribution in [2.45, 2.75) is 19.2 Å². The van der Waals surface area contributed by atoms with Crippen molar-refractivity contribution in [1.82, 2.24) is 25.2 Å². The standard InChI is InChI=1S/C21H21Cl2N5O4/c22-16-3-1-13(7-17(16)23)10-27-5-6-32-15(11-27)9-24-20(29)12-28-19-8-14(21(30)31)2-4-18(19)25-26-28/h1-4,7-8,15H,5-6,9-12H2,(H,24,29)(H,30,31). The van der Waals surface area contributed by atoms with E-state index in [1.54, 1.807) is 12.1 Å². The second-order valence-corrected chi connectivity index (χ2v) is 8.35. The van der Waals surface area contributed by atoms with Gasteiger partial charge >= 0.3 is 5.97 Å². The monoisotopic (exact) mass is 477 g/mol. The van der Waals surface area contributed by atoms with Crippen molar-refractivity contribution in [1.29, 1.82) is 0 Å². The van der Waals surface area contributed by atoms with Gasteiger partial charge in [-0.25, -0.2) is 9.48 Å². The van der Waals surface area contributed by atoms with E-state index in [0.717, 1.165) is 12.1 Å². The van der Waals surface area contributed by atoms with Crippen molar-refractivity contribution in [2.75, 3.05) is 26.2 Å². The molecular formula is C21H21Cl2N5O4. The van der Waals surface area contributed by atoms with Crippen molar-refractivity contribution in [3.63, 3.8) is 0 Å². The number of halogens is 2. The maximum atomic E-state index is 12.4. The molecule has 1 atom stereocenters. The smallest absolute Gasteiger partial charge is 0.335 e. The molecule has 1 aliphatic heterocycles. The molecule has 2 N–H and O–H groups in total. The molecule has 3 aromatic rings. The van der Waals surface area contributed by atoms with Crippen LogP contribution >= 0.6 is 23.2 Å². The summed E-state index contributed by atoms with van der Waals surface area (Å²) in [6.45, 7) is 2.99. The van der Waals surface area contributed by atoms with Gasteiger partial charge < -0.3 is 15.2 Å². The maximum absolute atomic E-state index is 12.4. The number of nitrogens with one attached hydrogen (secondary N) is 1. The topological polar surface area (TPSA) is 110 Å². The van der Waals surface area contributed by atoms with Crippen molar-refractivity contribution in [2.24, 2.45) is 0 Å². The minimum absolute atomic E-state index is 0.0702. The number of rotatable bonds is 7. The van der Waals surface area contributed by atoms with Crippen LogP contribution in [0.4, 0.5) is 0 Å². The second-order valence-electron chi connectivity index (χ2n) is 7.54. The fourth-order valence-corrected chi connectivity index (χ4v) is 3.90. The molecule has 2 aromatic carbocycles. The van der Waals surface area contributed by atoms with Crippen LogP contribution in [0, 0.1) is 0 Å². The Labute approximate surface area is 193 Å². The lowest BCUT2D eigenvalue weighted by Crippen LogP contribution is -2.47. The number of carbonyl (C=O) groups excluding carboxylic acids is 1.